The highest BCUT2D eigenvalue weighted by Gasteiger charge is 2.17. The van der Waals surface area contributed by atoms with Crippen LogP contribution in [0.3, 0.4) is 0 Å². The van der Waals surface area contributed by atoms with Crippen LogP contribution < -0.4 is 4.74 Å². The second-order valence-corrected chi connectivity index (χ2v) is 6.31. The van der Waals surface area contributed by atoms with Gasteiger partial charge < -0.3 is 4.74 Å². The number of benzene rings is 1. The number of halogens is 5. The van der Waals surface area contributed by atoms with E-state index in [4.69, 9.17) is 34.8 Å². The maximum Gasteiger partial charge on any atom is 0.387 e. The lowest BCUT2D eigenvalue weighted by molar-refractivity contribution is -0.0498. The summed E-state index contributed by atoms with van der Waals surface area (Å²) in [4.78, 5) is 0. The molecule has 0 spiro atoms. The zero-order valence-electron chi connectivity index (χ0n) is 9.25. The fraction of sp³-hybridized carbons (Fsp3) is 0.167. The Morgan fingerprint density at radius 2 is 1.74 bits per heavy atom. The molecule has 19 heavy (non-hydrogen) atoms. The van der Waals surface area contributed by atoms with Crippen LogP contribution in [-0.4, -0.2) is 6.61 Å². The fourth-order valence-corrected chi connectivity index (χ4v) is 3.49. The zero-order valence-corrected chi connectivity index (χ0v) is 12.3. The van der Waals surface area contributed by atoms with E-state index in [1.807, 2.05) is 0 Å². The average molecular weight is 344 g/mol. The predicted octanol–water partition coefficient (Wildman–Crippen LogP) is 5.98. The van der Waals surface area contributed by atoms with Gasteiger partial charge >= 0.3 is 6.61 Å². The third-order valence-corrected chi connectivity index (χ3v) is 4.36. The van der Waals surface area contributed by atoms with Crippen molar-refractivity contribution in [2.45, 2.75) is 12.0 Å². The molecule has 0 saturated carbocycles. The van der Waals surface area contributed by atoms with Gasteiger partial charge in [0, 0.05) is 5.56 Å². The van der Waals surface area contributed by atoms with Crippen LogP contribution in [0.4, 0.5) is 8.78 Å². The van der Waals surface area contributed by atoms with E-state index in [9.17, 15) is 8.78 Å². The summed E-state index contributed by atoms with van der Waals surface area (Å²) < 4.78 is 29.4. The molecule has 102 valence electrons. The third kappa shape index (κ3) is 3.72. The molecule has 0 N–H and O–H groups in total. The number of alkyl halides is 3. The molecule has 2 rings (SSSR count). The molecule has 0 aliphatic carbocycles. The number of ether oxygens (including phenoxy) is 1. The summed E-state index contributed by atoms with van der Waals surface area (Å²) in [6, 6.07) is 7.77. The Labute approximate surface area is 127 Å². The lowest BCUT2D eigenvalue weighted by Crippen LogP contribution is -2.02. The Bertz CT molecular complexity index is 557. The van der Waals surface area contributed by atoms with Crippen LogP contribution in [0.25, 0.3) is 0 Å². The minimum atomic E-state index is -2.84. The molecule has 1 unspecified atom stereocenters. The van der Waals surface area contributed by atoms with Crippen LogP contribution in [0.5, 0.6) is 5.75 Å². The number of thiophene rings is 1. The molecule has 1 atom stereocenters. The van der Waals surface area contributed by atoms with Crippen molar-refractivity contribution in [3.05, 3.63) is 50.1 Å². The first-order chi connectivity index (χ1) is 8.97. The van der Waals surface area contributed by atoms with E-state index in [1.54, 1.807) is 18.2 Å². The van der Waals surface area contributed by atoms with Gasteiger partial charge in [0.05, 0.1) is 14.0 Å². The predicted molar refractivity (Wildman–Crippen MR) is 75.1 cm³/mol. The highest BCUT2D eigenvalue weighted by molar-refractivity contribution is 7.20. The van der Waals surface area contributed by atoms with E-state index < -0.39 is 12.0 Å². The highest BCUT2D eigenvalue weighted by Crippen LogP contribution is 2.40. The lowest BCUT2D eigenvalue weighted by Gasteiger charge is -2.10. The van der Waals surface area contributed by atoms with E-state index in [2.05, 4.69) is 4.74 Å². The molecular weight excluding hydrogens is 337 g/mol. The first-order valence-electron chi connectivity index (χ1n) is 5.11. The van der Waals surface area contributed by atoms with E-state index in [-0.39, 0.29) is 5.75 Å². The molecular formula is C12H7Cl3F2OS. The largest absolute Gasteiger partial charge is 0.435 e. The SMILES string of the molecule is FC(F)Oc1ccc(C(Cl)c2cc(Cl)sc2Cl)cc1. The van der Waals surface area contributed by atoms with Gasteiger partial charge in [-0.15, -0.1) is 22.9 Å². The summed E-state index contributed by atoms with van der Waals surface area (Å²) in [7, 11) is 0. The Hall–Kier alpha value is -0.550. The second-order valence-electron chi connectivity index (χ2n) is 3.59. The summed E-state index contributed by atoms with van der Waals surface area (Å²) in [5.41, 5.74) is 1.42. The fourth-order valence-electron chi connectivity index (χ4n) is 1.52. The number of rotatable bonds is 4. The third-order valence-electron chi connectivity index (χ3n) is 2.35. The van der Waals surface area contributed by atoms with Crippen LogP contribution in [-0.2, 0) is 0 Å². The van der Waals surface area contributed by atoms with Gasteiger partial charge in [-0.25, -0.2) is 0 Å². The van der Waals surface area contributed by atoms with Crippen molar-refractivity contribution in [3.8, 4) is 5.75 Å². The Morgan fingerprint density at radius 1 is 1.11 bits per heavy atom. The van der Waals surface area contributed by atoms with Gasteiger partial charge in [-0.3, -0.25) is 0 Å². The average Bonchev–Trinajstić information content (AvgIpc) is 2.68. The van der Waals surface area contributed by atoms with Gasteiger partial charge in [0.2, 0.25) is 0 Å². The topological polar surface area (TPSA) is 9.23 Å². The Morgan fingerprint density at radius 3 is 2.21 bits per heavy atom. The van der Waals surface area contributed by atoms with Crippen LogP contribution in [0.15, 0.2) is 30.3 Å². The zero-order chi connectivity index (χ0) is 14.0. The maximum absolute atomic E-state index is 12.0. The molecule has 0 radical (unpaired) electrons. The summed E-state index contributed by atoms with van der Waals surface area (Å²) in [5.74, 6) is 0.0806. The minimum Gasteiger partial charge on any atom is -0.435 e. The molecule has 0 fully saturated rings. The van der Waals surface area contributed by atoms with E-state index in [0.717, 1.165) is 5.56 Å². The van der Waals surface area contributed by atoms with Crippen molar-refractivity contribution in [1.29, 1.82) is 0 Å². The summed E-state index contributed by atoms with van der Waals surface area (Å²) in [6.07, 6.45) is 0. The molecule has 1 heterocycles. The van der Waals surface area contributed by atoms with Crippen molar-refractivity contribution < 1.29 is 13.5 Å². The Kier molecular flexibility index (Phi) is 4.90. The van der Waals surface area contributed by atoms with Crippen LogP contribution in [0.2, 0.25) is 8.67 Å². The highest BCUT2D eigenvalue weighted by atomic mass is 35.5. The van der Waals surface area contributed by atoms with Gasteiger partial charge in [-0.05, 0) is 23.8 Å². The quantitative estimate of drug-likeness (QED) is 0.620. The van der Waals surface area contributed by atoms with Gasteiger partial charge in [-0.1, -0.05) is 35.3 Å². The summed E-state index contributed by atoms with van der Waals surface area (Å²) in [5, 5.41) is -0.489. The summed E-state index contributed by atoms with van der Waals surface area (Å²) >= 11 is 19.4. The summed E-state index contributed by atoms with van der Waals surface area (Å²) in [6.45, 7) is -2.84. The molecule has 0 aliphatic heterocycles. The molecule has 1 aromatic heterocycles. The van der Waals surface area contributed by atoms with Crippen molar-refractivity contribution in [1.82, 2.24) is 0 Å². The van der Waals surface area contributed by atoms with E-state index >= 15 is 0 Å². The molecule has 2 aromatic rings. The molecule has 0 bridgehead atoms. The van der Waals surface area contributed by atoms with Gasteiger partial charge in [0.1, 0.15) is 5.75 Å². The maximum atomic E-state index is 12.0. The van der Waals surface area contributed by atoms with Gasteiger partial charge in [0.15, 0.2) is 0 Å². The van der Waals surface area contributed by atoms with E-state index in [1.165, 1.54) is 23.5 Å². The first-order valence-corrected chi connectivity index (χ1v) is 7.12. The second kappa shape index (κ2) is 6.27. The molecule has 0 saturated heterocycles. The van der Waals surface area contributed by atoms with Gasteiger partial charge in [-0.2, -0.15) is 8.78 Å². The first kappa shape index (κ1) is 14.9. The molecule has 1 aromatic carbocycles. The minimum absolute atomic E-state index is 0.0806. The lowest BCUT2D eigenvalue weighted by atomic mass is 10.1. The monoisotopic (exact) mass is 342 g/mol. The van der Waals surface area contributed by atoms with Crippen molar-refractivity contribution in [2.24, 2.45) is 0 Å². The smallest absolute Gasteiger partial charge is 0.387 e. The number of hydrogen-bond donors (Lipinski definition) is 0. The van der Waals surface area contributed by atoms with Crippen LogP contribution in [0.1, 0.15) is 16.5 Å². The van der Waals surface area contributed by atoms with Crippen LogP contribution >= 0.6 is 46.1 Å². The normalized spacial score (nSPS) is 12.7. The van der Waals surface area contributed by atoms with Crippen LogP contribution in [0, 0.1) is 0 Å². The molecule has 7 heteroatoms. The molecule has 0 amide bonds. The van der Waals surface area contributed by atoms with Crippen molar-refractivity contribution in [3.63, 3.8) is 0 Å². The Balaban J connectivity index is 2.20. The molecule has 0 aliphatic rings. The molecule has 1 nitrogen and oxygen atoms in total. The van der Waals surface area contributed by atoms with Crippen molar-refractivity contribution in [2.75, 3.05) is 0 Å². The van der Waals surface area contributed by atoms with Crippen molar-refractivity contribution >= 4 is 46.1 Å². The van der Waals surface area contributed by atoms with Gasteiger partial charge in [0.25, 0.3) is 0 Å². The number of hydrogen-bond acceptors (Lipinski definition) is 2. The van der Waals surface area contributed by atoms with E-state index in [0.29, 0.717) is 14.2 Å². The standard InChI is InChI=1S/C12H7Cl3F2OS/c13-9-5-8(11(15)19-9)10(14)6-1-3-7(4-2-6)18-12(16)17/h1-5,10,12H.